The first-order chi connectivity index (χ1) is 10.7. The maximum absolute atomic E-state index is 11.8. The van der Waals surface area contributed by atoms with Crippen LogP contribution in [0.25, 0.3) is 17.5 Å². The van der Waals surface area contributed by atoms with Crippen molar-refractivity contribution in [2.45, 2.75) is 6.92 Å². The van der Waals surface area contributed by atoms with Crippen LogP contribution in [0.4, 0.5) is 6.01 Å². The molecular formula is C16H13N3O2S. The number of hydrogen-bond donors (Lipinski definition) is 1. The average Bonchev–Trinajstić information content (AvgIpc) is 3.16. The van der Waals surface area contributed by atoms with Gasteiger partial charge in [0.05, 0.1) is 0 Å². The molecule has 1 aromatic carbocycles. The lowest BCUT2D eigenvalue weighted by atomic mass is 10.1. The van der Waals surface area contributed by atoms with Gasteiger partial charge >= 0.3 is 6.01 Å². The molecule has 3 aromatic rings. The zero-order valence-electron chi connectivity index (χ0n) is 11.8. The highest BCUT2D eigenvalue weighted by Gasteiger charge is 2.10. The van der Waals surface area contributed by atoms with Crippen molar-refractivity contribution in [1.29, 1.82) is 0 Å². The van der Waals surface area contributed by atoms with Gasteiger partial charge in [-0.15, -0.1) is 16.4 Å². The van der Waals surface area contributed by atoms with E-state index in [1.165, 1.54) is 6.08 Å². The maximum Gasteiger partial charge on any atom is 0.322 e. The monoisotopic (exact) mass is 311 g/mol. The Kier molecular flexibility index (Phi) is 4.11. The van der Waals surface area contributed by atoms with Gasteiger partial charge < -0.3 is 4.42 Å². The fourth-order valence-electron chi connectivity index (χ4n) is 1.86. The van der Waals surface area contributed by atoms with Gasteiger partial charge in [-0.3, -0.25) is 10.1 Å². The third-order valence-corrected chi connectivity index (χ3v) is 3.70. The second-order valence-electron chi connectivity index (χ2n) is 4.62. The van der Waals surface area contributed by atoms with E-state index in [1.54, 1.807) is 17.4 Å². The molecule has 3 rings (SSSR count). The minimum atomic E-state index is -0.312. The van der Waals surface area contributed by atoms with Crippen molar-refractivity contribution in [3.8, 4) is 11.5 Å². The molecule has 1 N–H and O–H groups in total. The Morgan fingerprint density at radius 1 is 1.27 bits per heavy atom. The number of rotatable bonds is 4. The fourth-order valence-corrected chi connectivity index (χ4v) is 2.48. The number of aryl methyl sites for hydroxylation is 1. The van der Waals surface area contributed by atoms with Crippen molar-refractivity contribution < 1.29 is 9.21 Å². The molecule has 0 radical (unpaired) electrons. The highest BCUT2D eigenvalue weighted by Crippen LogP contribution is 2.20. The summed E-state index contributed by atoms with van der Waals surface area (Å²) in [6.45, 7) is 1.98. The summed E-state index contributed by atoms with van der Waals surface area (Å²) >= 11 is 1.56. The van der Waals surface area contributed by atoms with E-state index < -0.39 is 0 Å². The van der Waals surface area contributed by atoms with Crippen molar-refractivity contribution in [2.75, 3.05) is 5.32 Å². The Hall–Kier alpha value is -2.73. The molecule has 6 heteroatoms. The number of aromatic nitrogens is 2. The Labute approximate surface area is 131 Å². The molecule has 0 aliphatic carbocycles. The molecule has 2 heterocycles. The van der Waals surface area contributed by atoms with Crippen molar-refractivity contribution in [1.82, 2.24) is 10.2 Å². The van der Waals surface area contributed by atoms with Gasteiger partial charge in [-0.2, -0.15) is 0 Å². The highest BCUT2D eigenvalue weighted by molar-refractivity contribution is 7.10. The summed E-state index contributed by atoms with van der Waals surface area (Å²) in [5.74, 6) is 0.0640. The van der Waals surface area contributed by atoms with Crippen LogP contribution in [-0.4, -0.2) is 16.1 Å². The summed E-state index contributed by atoms with van der Waals surface area (Å²) in [5, 5.41) is 12.3. The molecule has 0 unspecified atom stereocenters. The summed E-state index contributed by atoms with van der Waals surface area (Å²) < 4.78 is 5.45. The molecule has 110 valence electrons. The van der Waals surface area contributed by atoms with Gasteiger partial charge in [-0.05, 0) is 36.6 Å². The topological polar surface area (TPSA) is 68.0 Å². The summed E-state index contributed by atoms with van der Waals surface area (Å²) in [7, 11) is 0. The standard InChI is InChI=1S/C16H13N3O2S/c1-11-4-2-5-12(10-11)15-18-19-16(21-15)17-14(20)8-7-13-6-3-9-22-13/h2-10H,1H3,(H,17,19,20)/b8-7+. The van der Waals surface area contributed by atoms with E-state index in [9.17, 15) is 4.79 Å². The lowest BCUT2D eigenvalue weighted by molar-refractivity contribution is -0.112. The zero-order valence-corrected chi connectivity index (χ0v) is 12.6. The van der Waals surface area contributed by atoms with E-state index in [1.807, 2.05) is 48.7 Å². The molecule has 5 nitrogen and oxygen atoms in total. The summed E-state index contributed by atoms with van der Waals surface area (Å²) in [4.78, 5) is 12.8. The van der Waals surface area contributed by atoms with Crippen molar-refractivity contribution in [2.24, 2.45) is 0 Å². The predicted molar refractivity (Wildman–Crippen MR) is 86.5 cm³/mol. The Morgan fingerprint density at radius 3 is 2.95 bits per heavy atom. The third kappa shape index (κ3) is 3.48. The number of thiophene rings is 1. The average molecular weight is 311 g/mol. The number of anilines is 1. The Morgan fingerprint density at radius 2 is 2.18 bits per heavy atom. The molecule has 2 aromatic heterocycles. The molecule has 0 aliphatic rings. The van der Waals surface area contributed by atoms with Gasteiger partial charge in [0.1, 0.15) is 0 Å². The van der Waals surface area contributed by atoms with E-state index in [-0.39, 0.29) is 11.9 Å². The minimum absolute atomic E-state index is 0.0809. The second kappa shape index (κ2) is 6.36. The smallest absolute Gasteiger partial charge is 0.322 e. The Balaban J connectivity index is 1.68. The van der Waals surface area contributed by atoms with Crippen LogP contribution in [0.3, 0.4) is 0 Å². The van der Waals surface area contributed by atoms with E-state index >= 15 is 0 Å². The lowest BCUT2D eigenvalue weighted by Crippen LogP contribution is -2.07. The minimum Gasteiger partial charge on any atom is -0.403 e. The van der Waals surface area contributed by atoms with E-state index in [2.05, 4.69) is 15.5 Å². The van der Waals surface area contributed by atoms with E-state index in [4.69, 9.17) is 4.42 Å². The number of nitrogens with one attached hydrogen (secondary N) is 1. The van der Waals surface area contributed by atoms with Crippen LogP contribution in [0.1, 0.15) is 10.4 Å². The van der Waals surface area contributed by atoms with Crippen LogP contribution < -0.4 is 5.32 Å². The van der Waals surface area contributed by atoms with Crippen molar-refractivity contribution in [3.05, 3.63) is 58.3 Å². The number of benzene rings is 1. The van der Waals surface area contributed by atoms with Crippen LogP contribution >= 0.6 is 11.3 Å². The normalized spacial score (nSPS) is 11.0. The molecule has 0 bridgehead atoms. The Bertz CT molecular complexity index is 806. The fraction of sp³-hybridized carbons (Fsp3) is 0.0625. The number of amides is 1. The van der Waals surface area contributed by atoms with Crippen LogP contribution in [-0.2, 0) is 4.79 Å². The molecule has 1 amide bonds. The quantitative estimate of drug-likeness (QED) is 0.745. The maximum atomic E-state index is 11.8. The van der Waals surface area contributed by atoms with Gasteiger partial charge in [-0.1, -0.05) is 28.9 Å². The number of hydrogen-bond acceptors (Lipinski definition) is 5. The van der Waals surface area contributed by atoms with Gasteiger partial charge in [0.25, 0.3) is 5.91 Å². The predicted octanol–water partition coefficient (Wildman–Crippen LogP) is 3.76. The summed E-state index contributed by atoms with van der Waals surface area (Å²) in [6, 6.07) is 11.6. The number of nitrogens with zero attached hydrogens (tertiary/aromatic N) is 2. The first kappa shape index (κ1) is 14.2. The summed E-state index contributed by atoms with van der Waals surface area (Å²) in [5.41, 5.74) is 1.92. The first-order valence-electron chi connectivity index (χ1n) is 6.64. The first-order valence-corrected chi connectivity index (χ1v) is 7.52. The molecule has 0 atom stereocenters. The third-order valence-electron chi connectivity index (χ3n) is 2.86. The van der Waals surface area contributed by atoms with Crippen molar-refractivity contribution in [3.63, 3.8) is 0 Å². The number of carbonyl (C=O) groups excluding carboxylic acids is 1. The lowest BCUT2D eigenvalue weighted by Gasteiger charge is -1.96. The molecule has 22 heavy (non-hydrogen) atoms. The largest absolute Gasteiger partial charge is 0.403 e. The van der Waals surface area contributed by atoms with Gasteiger partial charge in [0, 0.05) is 16.5 Å². The number of carbonyl (C=O) groups is 1. The van der Waals surface area contributed by atoms with E-state index in [0.29, 0.717) is 5.89 Å². The molecule has 0 spiro atoms. The van der Waals surface area contributed by atoms with E-state index in [0.717, 1.165) is 16.0 Å². The van der Waals surface area contributed by atoms with Crippen LogP contribution in [0.2, 0.25) is 0 Å². The highest BCUT2D eigenvalue weighted by atomic mass is 32.1. The van der Waals surface area contributed by atoms with Gasteiger partial charge in [0.15, 0.2) is 0 Å². The van der Waals surface area contributed by atoms with Crippen LogP contribution in [0, 0.1) is 6.92 Å². The molecular weight excluding hydrogens is 298 g/mol. The zero-order chi connectivity index (χ0) is 15.4. The van der Waals surface area contributed by atoms with Crippen LogP contribution in [0.15, 0.2) is 52.3 Å². The van der Waals surface area contributed by atoms with Gasteiger partial charge in [-0.25, -0.2) is 0 Å². The molecule has 0 fully saturated rings. The van der Waals surface area contributed by atoms with Crippen LogP contribution in [0.5, 0.6) is 0 Å². The molecule has 0 saturated carbocycles. The molecule has 0 aliphatic heterocycles. The molecule has 0 saturated heterocycles. The van der Waals surface area contributed by atoms with Crippen molar-refractivity contribution >= 4 is 29.3 Å². The van der Waals surface area contributed by atoms with Gasteiger partial charge in [0.2, 0.25) is 5.89 Å². The summed E-state index contributed by atoms with van der Waals surface area (Å²) in [6.07, 6.45) is 3.17. The SMILES string of the molecule is Cc1cccc(-c2nnc(NC(=O)/C=C/c3cccs3)o2)c1. The second-order valence-corrected chi connectivity index (χ2v) is 5.60.